The first-order chi connectivity index (χ1) is 10.0. The maximum Gasteiger partial charge on any atom is 0.244 e. The van der Waals surface area contributed by atoms with E-state index in [0.717, 1.165) is 51.7 Å². The zero-order valence-corrected chi connectivity index (χ0v) is 13.7. The molecule has 0 unspecified atom stereocenters. The zero-order valence-electron chi connectivity index (χ0n) is 12.9. The minimum atomic E-state index is -3.45. The highest BCUT2D eigenvalue weighted by Gasteiger charge is 2.39. The van der Waals surface area contributed by atoms with Crippen molar-refractivity contribution < 1.29 is 8.42 Å². The first kappa shape index (κ1) is 16.5. The van der Waals surface area contributed by atoms with Crippen molar-refractivity contribution in [2.75, 3.05) is 13.1 Å². The Kier molecular flexibility index (Phi) is 5.40. The molecular formula is C14H26N4O2S. The molecule has 1 aliphatic carbocycles. The van der Waals surface area contributed by atoms with Gasteiger partial charge in [0.1, 0.15) is 4.90 Å². The second kappa shape index (κ2) is 6.89. The fraction of sp³-hybridized carbons (Fsp3) is 0.786. The molecule has 0 bridgehead atoms. The van der Waals surface area contributed by atoms with Crippen LogP contribution in [0.3, 0.4) is 0 Å². The Balaban J connectivity index is 1.96. The summed E-state index contributed by atoms with van der Waals surface area (Å²) >= 11 is 0. The molecule has 2 rings (SSSR count). The van der Waals surface area contributed by atoms with Gasteiger partial charge >= 0.3 is 0 Å². The summed E-state index contributed by atoms with van der Waals surface area (Å²) in [5, 5.41) is 7.39. The summed E-state index contributed by atoms with van der Waals surface area (Å²) in [5.41, 5.74) is -0.230. The first-order valence-corrected chi connectivity index (χ1v) is 9.27. The second-order valence-electron chi connectivity index (χ2n) is 5.74. The van der Waals surface area contributed by atoms with Gasteiger partial charge in [0.25, 0.3) is 0 Å². The summed E-state index contributed by atoms with van der Waals surface area (Å²) < 4.78 is 29.4. The maximum atomic E-state index is 12.4. The van der Waals surface area contributed by atoms with Crippen LogP contribution in [0, 0.1) is 0 Å². The third kappa shape index (κ3) is 4.05. The van der Waals surface area contributed by atoms with E-state index in [1.54, 1.807) is 10.9 Å². The van der Waals surface area contributed by atoms with Crippen molar-refractivity contribution in [1.82, 2.24) is 19.8 Å². The Hall–Kier alpha value is -0.920. The van der Waals surface area contributed by atoms with Gasteiger partial charge in [-0.3, -0.25) is 4.68 Å². The fourth-order valence-corrected chi connectivity index (χ4v) is 4.11. The van der Waals surface area contributed by atoms with Crippen LogP contribution >= 0.6 is 0 Å². The molecule has 0 aromatic carbocycles. The molecule has 1 aromatic rings. The largest absolute Gasteiger partial charge is 0.317 e. The van der Waals surface area contributed by atoms with Gasteiger partial charge in [-0.25, -0.2) is 13.1 Å². The summed E-state index contributed by atoms with van der Waals surface area (Å²) in [6.45, 7) is 6.68. The minimum absolute atomic E-state index is 0.230. The lowest BCUT2D eigenvalue weighted by atomic mass is 9.76. The van der Waals surface area contributed by atoms with Crippen LogP contribution in [0.15, 0.2) is 17.3 Å². The Morgan fingerprint density at radius 2 is 2.14 bits per heavy atom. The predicted octanol–water partition coefficient (Wildman–Crippen LogP) is 1.49. The van der Waals surface area contributed by atoms with Crippen LogP contribution in [0.25, 0.3) is 0 Å². The van der Waals surface area contributed by atoms with E-state index >= 15 is 0 Å². The van der Waals surface area contributed by atoms with E-state index in [2.05, 4.69) is 22.1 Å². The molecule has 6 nitrogen and oxygen atoms in total. The van der Waals surface area contributed by atoms with Crippen molar-refractivity contribution in [2.45, 2.75) is 62.9 Å². The van der Waals surface area contributed by atoms with Crippen LogP contribution in [0.5, 0.6) is 0 Å². The van der Waals surface area contributed by atoms with Gasteiger partial charge in [-0.2, -0.15) is 5.10 Å². The van der Waals surface area contributed by atoms with E-state index in [1.807, 2.05) is 6.92 Å². The molecule has 1 saturated carbocycles. The molecule has 0 amide bonds. The average Bonchev–Trinajstić information content (AvgIpc) is 2.89. The van der Waals surface area contributed by atoms with E-state index in [0.29, 0.717) is 0 Å². The quantitative estimate of drug-likeness (QED) is 0.677. The van der Waals surface area contributed by atoms with Crippen LogP contribution < -0.4 is 10.0 Å². The fourth-order valence-electron chi connectivity index (χ4n) is 2.62. The molecule has 120 valence electrons. The number of rotatable bonds is 9. The van der Waals surface area contributed by atoms with Crippen molar-refractivity contribution in [3.05, 3.63) is 12.4 Å². The van der Waals surface area contributed by atoms with Gasteiger partial charge in [0.05, 0.1) is 6.20 Å². The van der Waals surface area contributed by atoms with Gasteiger partial charge in [0.2, 0.25) is 10.0 Å². The van der Waals surface area contributed by atoms with E-state index in [-0.39, 0.29) is 10.4 Å². The van der Waals surface area contributed by atoms with Crippen molar-refractivity contribution in [1.29, 1.82) is 0 Å². The van der Waals surface area contributed by atoms with Crippen LogP contribution in [0.4, 0.5) is 0 Å². The summed E-state index contributed by atoms with van der Waals surface area (Å²) in [6.07, 6.45) is 7.79. The summed E-state index contributed by atoms with van der Waals surface area (Å²) in [4.78, 5) is 0.269. The van der Waals surface area contributed by atoms with Crippen LogP contribution in [0.1, 0.15) is 46.0 Å². The standard InChI is InChI=1S/C14H26N4O2S/c1-3-14(7-5-8-14)17-21(19,20)13-11-16-18(12-13)10-6-9-15-4-2/h11-12,15,17H,3-10H2,1-2H3. The highest BCUT2D eigenvalue weighted by atomic mass is 32.2. The van der Waals surface area contributed by atoms with Crippen LogP contribution in [-0.2, 0) is 16.6 Å². The van der Waals surface area contributed by atoms with Gasteiger partial charge in [0.15, 0.2) is 0 Å². The number of nitrogens with one attached hydrogen (secondary N) is 2. The monoisotopic (exact) mass is 314 g/mol. The Bertz CT molecular complexity index is 544. The highest BCUT2D eigenvalue weighted by Crippen LogP contribution is 2.35. The maximum absolute atomic E-state index is 12.4. The number of nitrogens with zero attached hydrogens (tertiary/aromatic N) is 2. The molecule has 7 heteroatoms. The van der Waals surface area contributed by atoms with E-state index in [9.17, 15) is 8.42 Å². The predicted molar refractivity (Wildman–Crippen MR) is 82.6 cm³/mol. The molecule has 2 N–H and O–H groups in total. The zero-order chi connectivity index (χ0) is 15.3. The molecule has 1 aromatic heterocycles. The van der Waals surface area contributed by atoms with Gasteiger partial charge < -0.3 is 5.32 Å². The lowest BCUT2D eigenvalue weighted by Crippen LogP contribution is -2.52. The van der Waals surface area contributed by atoms with Crippen molar-refractivity contribution >= 4 is 10.0 Å². The minimum Gasteiger partial charge on any atom is -0.317 e. The van der Waals surface area contributed by atoms with Gasteiger partial charge in [0, 0.05) is 18.3 Å². The molecule has 0 radical (unpaired) electrons. The van der Waals surface area contributed by atoms with E-state index < -0.39 is 10.0 Å². The molecule has 1 heterocycles. The first-order valence-electron chi connectivity index (χ1n) is 7.78. The molecule has 1 aliphatic rings. The smallest absolute Gasteiger partial charge is 0.244 e. The average molecular weight is 314 g/mol. The summed E-state index contributed by atoms with van der Waals surface area (Å²) in [7, 11) is -3.45. The highest BCUT2D eigenvalue weighted by molar-refractivity contribution is 7.89. The van der Waals surface area contributed by atoms with E-state index in [1.165, 1.54) is 6.20 Å². The Morgan fingerprint density at radius 1 is 1.38 bits per heavy atom. The summed E-state index contributed by atoms with van der Waals surface area (Å²) in [6, 6.07) is 0. The Labute approximate surface area is 127 Å². The molecule has 1 fully saturated rings. The van der Waals surface area contributed by atoms with Crippen molar-refractivity contribution in [3.63, 3.8) is 0 Å². The second-order valence-corrected chi connectivity index (χ2v) is 7.42. The lowest BCUT2D eigenvalue weighted by molar-refractivity contribution is 0.214. The van der Waals surface area contributed by atoms with E-state index in [4.69, 9.17) is 0 Å². The number of sulfonamides is 1. The molecule has 0 saturated heterocycles. The molecule has 21 heavy (non-hydrogen) atoms. The van der Waals surface area contributed by atoms with Crippen molar-refractivity contribution in [2.24, 2.45) is 0 Å². The van der Waals surface area contributed by atoms with Crippen LogP contribution in [0.2, 0.25) is 0 Å². The van der Waals surface area contributed by atoms with Gasteiger partial charge in [-0.1, -0.05) is 13.8 Å². The lowest BCUT2D eigenvalue weighted by Gasteiger charge is -2.41. The SMILES string of the molecule is CCNCCCn1cc(S(=O)(=O)NC2(CC)CCC2)cn1. The Morgan fingerprint density at radius 3 is 2.71 bits per heavy atom. The third-order valence-corrected chi connectivity index (χ3v) is 5.78. The van der Waals surface area contributed by atoms with Crippen molar-refractivity contribution in [3.8, 4) is 0 Å². The number of hydrogen-bond acceptors (Lipinski definition) is 4. The number of hydrogen-bond donors (Lipinski definition) is 2. The molecule has 0 atom stereocenters. The topological polar surface area (TPSA) is 76.0 Å². The normalized spacial score (nSPS) is 17.6. The third-order valence-electron chi connectivity index (χ3n) is 4.25. The van der Waals surface area contributed by atoms with Gasteiger partial charge in [-0.05, 0) is 45.2 Å². The van der Waals surface area contributed by atoms with Gasteiger partial charge in [-0.15, -0.1) is 0 Å². The number of aromatic nitrogens is 2. The number of aryl methyl sites for hydroxylation is 1. The van der Waals surface area contributed by atoms with Crippen LogP contribution in [-0.4, -0.2) is 36.8 Å². The summed E-state index contributed by atoms with van der Waals surface area (Å²) in [5.74, 6) is 0. The molecule has 0 aliphatic heterocycles. The molecular weight excluding hydrogens is 288 g/mol. The molecule has 0 spiro atoms.